The van der Waals surface area contributed by atoms with E-state index in [9.17, 15) is 10.1 Å². The van der Waals surface area contributed by atoms with Gasteiger partial charge >= 0.3 is 0 Å². The van der Waals surface area contributed by atoms with Crippen LogP contribution in [0, 0.1) is 16.7 Å². The van der Waals surface area contributed by atoms with E-state index in [1.54, 1.807) is 0 Å². The fraction of sp³-hybridized carbons (Fsp3) is 0.609. The Kier molecular flexibility index (Phi) is 4.01. The molecule has 2 aromatic heterocycles. The fourth-order valence-electron chi connectivity index (χ4n) is 5.65. The Morgan fingerprint density at radius 2 is 2.21 bits per heavy atom. The maximum absolute atomic E-state index is 13.3. The number of aromatic nitrogens is 2. The molecule has 2 atom stereocenters. The monoisotopic (exact) mass is 376 g/mol. The van der Waals surface area contributed by atoms with Gasteiger partial charge in [-0.25, -0.2) is 4.98 Å². The van der Waals surface area contributed by atoms with Crippen molar-refractivity contribution in [2.75, 3.05) is 0 Å². The van der Waals surface area contributed by atoms with Gasteiger partial charge in [0, 0.05) is 36.3 Å². The second-order valence-corrected chi connectivity index (χ2v) is 9.27. The van der Waals surface area contributed by atoms with Gasteiger partial charge in [-0.3, -0.25) is 4.79 Å². The molecule has 2 saturated heterocycles. The number of piperidine rings is 2. The number of fused-ring (bicyclic) bond motifs is 3. The third kappa shape index (κ3) is 2.65. The first-order chi connectivity index (χ1) is 13.5. The molecule has 2 aromatic rings. The van der Waals surface area contributed by atoms with Crippen molar-refractivity contribution in [3.63, 3.8) is 0 Å². The standard InChI is InChI=1S/C23H28N4O/c1-3-16-9-23(13-24)10-17(11-23)27(16)20(28)8-14(2)19-12-26-22-21(19)18(6-7-25-22)15-4-5-15/h6-7,12,14-17H,3-5,8-11H2,1-2H3,(H,25,26). The average molecular weight is 377 g/mol. The van der Waals surface area contributed by atoms with Gasteiger partial charge in [0.25, 0.3) is 0 Å². The maximum atomic E-state index is 13.3. The Morgan fingerprint density at radius 3 is 2.89 bits per heavy atom. The summed E-state index contributed by atoms with van der Waals surface area (Å²) in [5.74, 6) is 1.06. The topological polar surface area (TPSA) is 72.8 Å². The molecule has 4 aliphatic rings. The quantitative estimate of drug-likeness (QED) is 0.828. The third-order valence-electron chi connectivity index (χ3n) is 7.33. The van der Waals surface area contributed by atoms with E-state index in [-0.39, 0.29) is 29.3 Å². The molecule has 1 N–H and O–H groups in total. The van der Waals surface area contributed by atoms with Crippen LogP contribution in [0.15, 0.2) is 18.5 Å². The van der Waals surface area contributed by atoms with Gasteiger partial charge in [-0.15, -0.1) is 0 Å². The van der Waals surface area contributed by atoms with E-state index in [1.807, 2.05) is 6.20 Å². The molecule has 28 heavy (non-hydrogen) atoms. The molecule has 0 aromatic carbocycles. The molecule has 0 spiro atoms. The number of amides is 1. The van der Waals surface area contributed by atoms with E-state index >= 15 is 0 Å². The van der Waals surface area contributed by atoms with Crippen LogP contribution in [0.3, 0.4) is 0 Å². The van der Waals surface area contributed by atoms with Gasteiger partial charge < -0.3 is 9.88 Å². The lowest BCUT2D eigenvalue weighted by atomic mass is 9.58. The molecule has 2 unspecified atom stereocenters. The van der Waals surface area contributed by atoms with Gasteiger partial charge in [0.2, 0.25) is 5.91 Å². The number of H-pyrrole nitrogens is 1. The Morgan fingerprint density at radius 1 is 1.43 bits per heavy atom. The highest BCUT2D eigenvalue weighted by Crippen LogP contribution is 2.53. The summed E-state index contributed by atoms with van der Waals surface area (Å²) in [4.78, 5) is 23.2. The minimum absolute atomic E-state index is 0.156. The normalized spacial score (nSPS) is 30.0. The van der Waals surface area contributed by atoms with Crippen molar-refractivity contribution in [3.8, 4) is 6.07 Å². The van der Waals surface area contributed by atoms with Gasteiger partial charge in [-0.05, 0) is 67.6 Å². The smallest absolute Gasteiger partial charge is 0.223 e. The zero-order chi connectivity index (χ0) is 19.5. The van der Waals surface area contributed by atoms with Crippen molar-refractivity contribution in [3.05, 3.63) is 29.6 Å². The van der Waals surface area contributed by atoms with E-state index in [0.29, 0.717) is 12.3 Å². The summed E-state index contributed by atoms with van der Waals surface area (Å²) >= 11 is 0. The predicted molar refractivity (Wildman–Crippen MR) is 108 cm³/mol. The van der Waals surface area contributed by atoms with Gasteiger partial charge in [-0.2, -0.15) is 5.26 Å². The molecule has 0 radical (unpaired) electrons. The van der Waals surface area contributed by atoms with Crippen LogP contribution in [-0.2, 0) is 4.79 Å². The lowest BCUT2D eigenvalue weighted by molar-refractivity contribution is -0.152. The lowest BCUT2D eigenvalue weighted by Crippen LogP contribution is -2.63. The molecule has 6 rings (SSSR count). The molecule has 2 aliphatic carbocycles. The summed E-state index contributed by atoms with van der Waals surface area (Å²) in [5.41, 5.74) is 3.40. The van der Waals surface area contributed by atoms with Crippen LogP contribution in [0.5, 0.6) is 0 Å². The Balaban J connectivity index is 1.37. The molecule has 146 valence electrons. The zero-order valence-corrected chi connectivity index (χ0v) is 16.7. The van der Waals surface area contributed by atoms with Crippen LogP contribution in [-0.4, -0.2) is 32.9 Å². The Labute approximate surface area is 166 Å². The van der Waals surface area contributed by atoms with Gasteiger partial charge in [0.15, 0.2) is 0 Å². The molecule has 1 amide bonds. The number of nitrogens with zero attached hydrogens (tertiary/aromatic N) is 3. The van der Waals surface area contributed by atoms with Crippen LogP contribution < -0.4 is 0 Å². The summed E-state index contributed by atoms with van der Waals surface area (Å²) in [6.45, 7) is 4.30. The van der Waals surface area contributed by atoms with Crippen molar-refractivity contribution in [1.29, 1.82) is 5.26 Å². The van der Waals surface area contributed by atoms with E-state index in [2.05, 4.69) is 47.0 Å². The number of nitrogens with one attached hydrogen (secondary N) is 1. The zero-order valence-electron chi connectivity index (χ0n) is 16.7. The molecule has 5 heteroatoms. The highest BCUT2D eigenvalue weighted by molar-refractivity contribution is 5.86. The third-order valence-corrected chi connectivity index (χ3v) is 7.33. The highest BCUT2D eigenvalue weighted by Gasteiger charge is 2.55. The molecular weight excluding hydrogens is 348 g/mol. The largest absolute Gasteiger partial charge is 0.346 e. The van der Waals surface area contributed by atoms with Crippen LogP contribution in [0.2, 0.25) is 0 Å². The molecule has 4 heterocycles. The number of nitriles is 1. The first-order valence-corrected chi connectivity index (χ1v) is 10.7. The van der Waals surface area contributed by atoms with Crippen molar-refractivity contribution in [2.45, 2.75) is 82.7 Å². The second-order valence-electron chi connectivity index (χ2n) is 9.27. The highest BCUT2D eigenvalue weighted by atomic mass is 16.2. The average Bonchev–Trinajstić information content (AvgIpc) is 3.44. The Hall–Kier alpha value is -2.35. The summed E-state index contributed by atoms with van der Waals surface area (Å²) < 4.78 is 0. The lowest BCUT2D eigenvalue weighted by Gasteiger charge is -2.58. The number of carbonyl (C=O) groups is 1. The number of hydrogen-bond donors (Lipinski definition) is 1. The van der Waals surface area contributed by atoms with Gasteiger partial charge in [-0.1, -0.05) is 13.8 Å². The van der Waals surface area contributed by atoms with Crippen LogP contribution >= 0.6 is 0 Å². The van der Waals surface area contributed by atoms with Crippen LogP contribution in [0.25, 0.3) is 11.0 Å². The maximum Gasteiger partial charge on any atom is 0.223 e. The van der Waals surface area contributed by atoms with Crippen LogP contribution in [0.1, 0.15) is 81.8 Å². The van der Waals surface area contributed by atoms with Gasteiger partial charge in [0.1, 0.15) is 5.65 Å². The minimum Gasteiger partial charge on any atom is -0.346 e. The molecule has 2 saturated carbocycles. The summed E-state index contributed by atoms with van der Waals surface area (Å²) in [6, 6.07) is 5.17. The van der Waals surface area contributed by atoms with E-state index in [0.717, 1.165) is 31.3 Å². The van der Waals surface area contributed by atoms with Crippen molar-refractivity contribution in [1.82, 2.24) is 14.9 Å². The first kappa shape index (κ1) is 17.7. The van der Waals surface area contributed by atoms with E-state index in [1.165, 1.54) is 29.4 Å². The first-order valence-electron chi connectivity index (χ1n) is 10.7. The molecule has 4 fully saturated rings. The number of pyridine rings is 1. The van der Waals surface area contributed by atoms with E-state index < -0.39 is 0 Å². The molecule has 2 aliphatic heterocycles. The summed E-state index contributed by atoms with van der Waals surface area (Å²) in [6.07, 6.45) is 10.5. The summed E-state index contributed by atoms with van der Waals surface area (Å²) in [5, 5.41) is 10.7. The predicted octanol–water partition coefficient (Wildman–Crippen LogP) is 4.62. The van der Waals surface area contributed by atoms with Crippen LogP contribution in [0.4, 0.5) is 0 Å². The number of aromatic amines is 1. The SMILES string of the molecule is CCC1CC2(C#N)CC(C2)N1C(=O)CC(C)c1c[nH]c2nccc(C3CC3)c12. The number of carbonyl (C=O) groups excluding carboxylic acids is 1. The second kappa shape index (κ2) is 6.34. The number of rotatable bonds is 5. The van der Waals surface area contributed by atoms with Crippen molar-refractivity contribution in [2.24, 2.45) is 5.41 Å². The van der Waals surface area contributed by atoms with E-state index in [4.69, 9.17) is 0 Å². The van der Waals surface area contributed by atoms with Gasteiger partial charge in [0.05, 0.1) is 11.5 Å². The molecular formula is C23H28N4O. The molecule has 5 nitrogen and oxygen atoms in total. The Bertz CT molecular complexity index is 961. The summed E-state index contributed by atoms with van der Waals surface area (Å²) in [7, 11) is 0. The fourth-order valence-corrected chi connectivity index (χ4v) is 5.65. The molecule has 2 bridgehead atoms. The van der Waals surface area contributed by atoms with Crippen molar-refractivity contribution >= 4 is 16.9 Å². The van der Waals surface area contributed by atoms with Crippen molar-refractivity contribution < 1.29 is 4.79 Å². The minimum atomic E-state index is -0.157. The number of hydrogen-bond acceptors (Lipinski definition) is 3.